The third-order valence-electron chi connectivity index (χ3n) is 2.39. The molecule has 1 aromatic carbocycles. The molecule has 0 spiro atoms. The molecule has 0 saturated carbocycles. The molecule has 0 amide bonds. The van der Waals surface area contributed by atoms with Crippen LogP contribution in [0.5, 0.6) is 5.75 Å². The van der Waals surface area contributed by atoms with Crippen molar-refractivity contribution in [2.24, 2.45) is 4.99 Å². The van der Waals surface area contributed by atoms with Gasteiger partial charge in [-0.05, 0) is 12.1 Å². The van der Waals surface area contributed by atoms with Gasteiger partial charge in [0.25, 0.3) is 0 Å². The van der Waals surface area contributed by atoms with Gasteiger partial charge in [0.1, 0.15) is 11.4 Å². The van der Waals surface area contributed by atoms with Gasteiger partial charge in [0.2, 0.25) is 0 Å². The summed E-state index contributed by atoms with van der Waals surface area (Å²) in [6.07, 6.45) is -13.7. The number of aliphatic imine (C=N–C) groups is 1. The Kier molecular flexibility index (Phi) is 3.19. The van der Waals surface area contributed by atoms with Crippen LogP contribution >= 0.6 is 0 Å². The van der Waals surface area contributed by atoms with Gasteiger partial charge < -0.3 is 4.74 Å². The van der Waals surface area contributed by atoms with Crippen LogP contribution in [0.1, 0.15) is 6.42 Å². The van der Waals surface area contributed by atoms with Crippen molar-refractivity contribution in [2.45, 2.75) is 24.9 Å². The first kappa shape index (κ1) is 13.7. The number of nitrogens with zero attached hydrogens (tertiary/aromatic N) is 1. The van der Waals surface area contributed by atoms with Crippen LogP contribution in [0.3, 0.4) is 0 Å². The van der Waals surface area contributed by atoms with E-state index < -0.39 is 30.6 Å². The van der Waals surface area contributed by atoms with Crippen molar-refractivity contribution in [3.63, 3.8) is 0 Å². The Bertz CT molecular complexity index is 505. The second kappa shape index (κ2) is 4.43. The lowest BCUT2D eigenvalue weighted by molar-refractivity contribution is -0.147. The first-order chi connectivity index (χ1) is 8.67. The second-order valence-corrected chi connectivity index (χ2v) is 3.89. The van der Waals surface area contributed by atoms with E-state index in [2.05, 4.69) is 4.99 Å². The number of hydrogen-bond donors (Lipinski definition) is 0. The molecule has 2 rings (SSSR count). The molecule has 1 heterocycles. The van der Waals surface area contributed by atoms with Gasteiger partial charge in [-0.1, -0.05) is 12.1 Å². The summed E-state index contributed by atoms with van der Waals surface area (Å²) in [6, 6.07) is 5.38. The van der Waals surface area contributed by atoms with Gasteiger partial charge in [0, 0.05) is 0 Å². The first-order valence-electron chi connectivity index (χ1n) is 5.15. The molecule has 0 fully saturated rings. The minimum atomic E-state index is -4.97. The van der Waals surface area contributed by atoms with Crippen LogP contribution in [-0.2, 0) is 0 Å². The molecule has 1 atom stereocenters. The molecule has 2 nitrogen and oxygen atoms in total. The molecule has 0 aromatic heterocycles. The SMILES string of the molecule is FC(F)(F)CC1Oc2ccccc2N=C1C(F)(F)F. The molecule has 1 aromatic rings. The Morgan fingerprint density at radius 3 is 2.26 bits per heavy atom. The molecule has 0 radical (unpaired) electrons. The third-order valence-corrected chi connectivity index (χ3v) is 2.39. The highest BCUT2D eigenvalue weighted by Crippen LogP contribution is 2.38. The Labute approximate surface area is 103 Å². The number of ether oxygens (including phenoxy) is 1. The van der Waals surface area contributed by atoms with E-state index in [1.165, 1.54) is 24.3 Å². The van der Waals surface area contributed by atoms with E-state index in [0.717, 1.165) is 0 Å². The van der Waals surface area contributed by atoms with Gasteiger partial charge in [0.05, 0.1) is 6.42 Å². The van der Waals surface area contributed by atoms with E-state index in [0.29, 0.717) is 0 Å². The Morgan fingerprint density at radius 2 is 1.68 bits per heavy atom. The molecular weight excluding hydrogens is 276 g/mol. The van der Waals surface area contributed by atoms with Gasteiger partial charge in [-0.25, -0.2) is 4.99 Å². The highest BCUT2D eigenvalue weighted by Gasteiger charge is 2.48. The van der Waals surface area contributed by atoms with Gasteiger partial charge in [-0.3, -0.25) is 0 Å². The van der Waals surface area contributed by atoms with Crippen LogP contribution in [-0.4, -0.2) is 24.2 Å². The van der Waals surface area contributed by atoms with E-state index >= 15 is 0 Å². The van der Waals surface area contributed by atoms with Crippen LogP contribution in [0.25, 0.3) is 0 Å². The number of hydrogen-bond acceptors (Lipinski definition) is 2. The van der Waals surface area contributed by atoms with Crippen LogP contribution in [0, 0.1) is 0 Å². The number of para-hydroxylation sites is 2. The highest BCUT2D eigenvalue weighted by molar-refractivity contribution is 5.97. The molecule has 1 unspecified atom stereocenters. The maximum atomic E-state index is 12.7. The zero-order valence-corrected chi connectivity index (χ0v) is 9.22. The normalized spacial score (nSPS) is 19.5. The Morgan fingerprint density at radius 1 is 1.05 bits per heavy atom. The van der Waals surface area contributed by atoms with Crippen molar-refractivity contribution >= 4 is 11.4 Å². The molecule has 8 heteroatoms. The number of halogens is 6. The predicted molar refractivity (Wildman–Crippen MR) is 54.7 cm³/mol. The summed E-state index contributed by atoms with van der Waals surface area (Å²) in [5.41, 5.74) is -1.70. The van der Waals surface area contributed by atoms with Crippen LogP contribution in [0.15, 0.2) is 29.3 Å². The molecular formula is C11H7F6NO. The summed E-state index contributed by atoms with van der Waals surface area (Å²) in [4.78, 5) is 3.25. The molecule has 0 aliphatic carbocycles. The van der Waals surface area contributed by atoms with E-state index in [9.17, 15) is 26.3 Å². The fourth-order valence-corrected chi connectivity index (χ4v) is 1.65. The van der Waals surface area contributed by atoms with Crippen molar-refractivity contribution in [3.8, 4) is 5.75 Å². The van der Waals surface area contributed by atoms with Gasteiger partial charge >= 0.3 is 12.4 Å². The fourth-order valence-electron chi connectivity index (χ4n) is 1.65. The predicted octanol–water partition coefficient (Wildman–Crippen LogP) is 4.03. The van der Waals surface area contributed by atoms with Crippen LogP contribution < -0.4 is 4.74 Å². The summed E-state index contributed by atoms with van der Waals surface area (Å²) in [5.74, 6) is -0.0928. The Hall–Kier alpha value is -1.73. The van der Waals surface area contributed by atoms with Crippen molar-refractivity contribution in [1.29, 1.82) is 0 Å². The molecule has 104 valence electrons. The number of alkyl halides is 6. The van der Waals surface area contributed by atoms with Gasteiger partial charge in [-0.15, -0.1) is 0 Å². The quantitative estimate of drug-likeness (QED) is 0.713. The average molecular weight is 283 g/mol. The summed E-state index contributed by atoms with van der Waals surface area (Å²) < 4.78 is 79.6. The number of fused-ring (bicyclic) bond motifs is 1. The Balaban J connectivity index is 2.41. The summed E-state index contributed by atoms with van der Waals surface area (Å²) in [6.45, 7) is 0. The third kappa shape index (κ3) is 3.18. The van der Waals surface area contributed by atoms with E-state index in [1.807, 2.05) is 0 Å². The summed E-state index contributed by atoms with van der Waals surface area (Å²) >= 11 is 0. The van der Waals surface area contributed by atoms with Gasteiger partial charge in [-0.2, -0.15) is 26.3 Å². The van der Waals surface area contributed by atoms with Crippen molar-refractivity contribution in [3.05, 3.63) is 24.3 Å². The maximum absolute atomic E-state index is 12.7. The van der Waals surface area contributed by atoms with Crippen molar-refractivity contribution < 1.29 is 31.1 Å². The molecule has 19 heavy (non-hydrogen) atoms. The lowest BCUT2D eigenvalue weighted by Crippen LogP contribution is -2.42. The lowest BCUT2D eigenvalue weighted by atomic mass is 10.1. The fraction of sp³-hybridized carbons (Fsp3) is 0.364. The number of benzene rings is 1. The average Bonchev–Trinajstić information content (AvgIpc) is 2.24. The zero-order chi connectivity index (χ0) is 14.3. The second-order valence-electron chi connectivity index (χ2n) is 3.89. The maximum Gasteiger partial charge on any atom is 0.433 e. The minimum Gasteiger partial charge on any atom is -0.481 e. The molecule has 0 bridgehead atoms. The molecule has 0 N–H and O–H groups in total. The van der Waals surface area contributed by atoms with Crippen LogP contribution in [0.2, 0.25) is 0 Å². The van der Waals surface area contributed by atoms with Crippen molar-refractivity contribution in [1.82, 2.24) is 0 Å². The first-order valence-corrected chi connectivity index (χ1v) is 5.15. The standard InChI is InChI=1S/C11H7F6NO/c12-10(13,14)5-8-9(11(15,16)17)18-6-3-1-2-4-7(6)19-8/h1-4,8H,5H2. The lowest BCUT2D eigenvalue weighted by Gasteiger charge is -2.27. The molecule has 1 aliphatic heterocycles. The van der Waals surface area contributed by atoms with Gasteiger partial charge in [0.15, 0.2) is 11.8 Å². The smallest absolute Gasteiger partial charge is 0.433 e. The monoisotopic (exact) mass is 283 g/mol. The molecule has 0 saturated heterocycles. The zero-order valence-electron chi connectivity index (χ0n) is 9.22. The largest absolute Gasteiger partial charge is 0.481 e. The van der Waals surface area contributed by atoms with E-state index in [1.54, 1.807) is 0 Å². The van der Waals surface area contributed by atoms with E-state index in [4.69, 9.17) is 4.74 Å². The van der Waals surface area contributed by atoms with Crippen molar-refractivity contribution in [2.75, 3.05) is 0 Å². The summed E-state index contributed by atoms with van der Waals surface area (Å²) in [7, 11) is 0. The van der Waals surface area contributed by atoms with E-state index in [-0.39, 0.29) is 11.4 Å². The highest BCUT2D eigenvalue weighted by atomic mass is 19.4. The number of rotatable bonds is 1. The molecule has 1 aliphatic rings. The summed E-state index contributed by atoms with van der Waals surface area (Å²) in [5, 5.41) is 0. The van der Waals surface area contributed by atoms with Crippen LogP contribution in [0.4, 0.5) is 32.0 Å². The topological polar surface area (TPSA) is 21.6 Å². The minimum absolute atomic E-state index is 0.0928.